The van der Waals surface area contributed by atoms with Gasteiger partial charge in [-0.15, -0.1) is 10.2 Å². The van der Waals surface area contributed by atoms with Gasteiger partial charge in [0.05, 0.1) is 17.5 Å². The van der Waals surface area contributed by atoms with E-state index in [4.69, 9.17) is 0 Å². The van der Waals surface area contributed by atoms with Crippen LogP contribution in [0.1, 0.15) is 41.1 Å². The van der Waals surface area contributed by atoms with E-state index < -0.39 is 0 Å². The number of carbonyl (C=O) groups excluding carboxylic acids is 1. The highest BCUT2D eigenvalue weighted by Crippen LogP contribution is 2.34. The molecule has 1 aliphatic carbocycles. The van der Waals surface area contributed by atoms with Crippen molar-refractivity contribution in [1.29, 1.82) is 0 Å². The molecular formula is C23H26N4OS. The van der Waals surface area contributed by atoms with E-state index in [1.165, 1.54) is 28.5 Å². The summed E-state index contributed by atoms with van der Waals surface area (Å²) in [7, 11) is 1.92. The summed E-state index contributed by atoms with van der Waals surface area (Å²) < 4.78 is 1.97. The lowest BCUT2D eigenvalue weighted by Gasteiger charge is -2.33. The molecular weight excluding hydrogens is 380 g/mol. The van der Waals surface area contributed by atoms with Crippen LogP contribution in [0.3, 0.4) is 0 Å². The van der Waals surface area contributed by atoms with Gasteiger partial charge in [0.1, 0.15) is 6.33 Å². The average molecular weight is 407 g/mol. The Morgan fingerprint density at radius 3 is 2.93 bits per heavy atom. The standard InChI is InChI=1S/C23H26N4OS/c1-16-11-12-17(2)21(13-16)27-15-24-25-23(27)29-14-22(28)26(3)20-10-6-8-18-7-4-5-9-19(18)20/h4-5,7,9,11-13,15,20H,6,8,10,14H2,1-3H3/t20-/m0/s1. The maximum atomic E-state index is 13.0. The van der Waals surface area contributed by atoms with Crippen molar-refractivity contribution in [2.24, 2.45) is 0 Å². The van der Waals surface area contributed by atoms with E-state index in [2.05, 4.69) is 66.5 Å². The molecule has 4 rings (SSSR count). The Balaban J connectivity index is 1.48. The molecule has 0 saturated heterocycles. The van der Waals surface area contributed by atoms with E-state index in [0.29, 0.717) is 5.75 Å². The summed E-state index contributed by atoms with van der Waals surface area (Å²) in [5.74, 6) is 0.464. The first-order chi connectivity index (χ1) is 14.0. The number of hydrogen-bond donors (Lipinski definition) is 0. The van der Waals surface area contributed by atoms with Gasteiger partial charge in [0.2, 0.25) is 5.91 Å². The van der Waals surface area contributed by atoms with Crippen molar-refractivity contribution in [2.45, 2.75) is 44.3 Å². The second-order valence-corrected chi connectivity index (χ2v) is 8.62. The molecule has 1 heterocycles. The lowest BCUT2D eigenvalue weighted by Crippen LogP contribution is -2.34. The van der Waals surface area contributed by atoms with Gasteiger partial charge in [0, 0.05) is 7.05 Å². The molecule has 0 aliphatic heterocycles. The Morgan fingerprint density at radius 2 is 2.07 bits per heavy atom. The summed E-state index contributed by atoms with van der Waals surface area (Å²) in [6.45, 7) is 4.14. The van der Waals surface area contributed by atoms with Gasteiger partial charge in [0.25, 0.3) is 0 Å². The van der Waals surface area contributed by atoms with E-state index in [0.717, 1.165) is 35.7 Å². The number of aromatic nitrogens is 3. The van der Waals surface area contributed by atoms with Gasteiger partial charge in [0.15, 0.2) is 5.16 Å². The molecule has 1 aromatic heterocycles. The number of thioether (sulfide) groups is 1. The van der Waals surface area contributed by atoms with Crippen molar-refractivity contribution in [3.63, 3.8) is 0 Å². The fraction of sp³-hybridized carbons (Fsp3) is 0.348. The van der Waals surface area contributed by atoms with Crippen molar-refractivity contribution >= 4 is 17.7 Å². The summed E-state index contributed by atoms with van der Waals surface area (Å²) in [5, 5.41) is 9.07. The molecule has 2 aromatic carbocycles. The molecule has 0 saturated carbocycles. The summed E-state index contributed by atoms with van der Waals surface area (Å²) in [6, 6.07) is 15.0. The van der Waals surface area contributed by atoms with Crippen LogP contribution >= 0.6 is 11.8 Å². The highest BCUT2D eigenvalue weighted by Gasteiger charge is 2.26. The summed E-state index contributed by atoms with van der Waals surface area (Å²) in [6.07, 6.45) is 4.95. The number of fused-ring (bicyclic) bond motifs is 1. The number of rotatable bonds is 5. The quantitative estimate of drug-likeness (QED) is 0.585. The Morgan fingerprint density at radius 1 is 1.24 bits per heavy atom. The minimum Gasteiger partial charge on any atom is -0.338 e. The van der Waals surface area contributed by atoms with Crippen LogP contribution < -0.4 is 0 Å². The van der Waals surface area contributed by atoms with Gasteiger partial charge in [-0.25, -0.2) is 0 Å². The molecule has 0 unspecified atom stereocenters. The lowest BCUT2D eigenvalue weighted by molar-refractivity contribution is -0.129. The van der Waals surface area contributed by atoms with Gasteiger partial charge in [-0.2, -0.15) is 0 Å². The molecule has 6 heteroatoms. The van der Waals surface area contributed by atoms with E-state index in [1.54, 1.807) is 6.33 Å². The third kappa shape index (κ3) is 4.08. The van der Waals surface area contributed by atoms with Crippen molar-refractivity contribution in [1.82, 2.24) is 19.7 Å². The van der Waals surface area contributed by atoms with Gasteiger partial charge in [-0.3, -0.25) is 9.36 Å². The van der Waals surface area contributed by atoms with Crippen LogP contribution in [0.5, 0.6) is 0 Å². The summed E-state index contributed by atoms with van der Waals surface area (Å²) in [5.41, 5.74) is 6.05. The van der Waals surface area contributed by atoms with Crippen molar-refractivity contribution < 1.29 is 4.79 Å². The molecule has 3 aromatic rings. The third-order valence-electron chi connectivity index (χ3n) is 5.66. The van der Waals surface area contributed by atoms with Crippen LogP contribution in [0.15, 0.2) is 53.9 Å². The van der Waals surface area contributed by atoms with E-state index >= 15 is 0 Å². The molecule has 1 amide bonds. The van der Waals surface area contributed by atoms with Crippen LogP contribution in [-0.4, -0.2) is 38.4 Å². The maximum Gasteiger partial charge on any atom is 0.233 e. The zero-order valence-electron chi connectivity index (χ0n) is 17.1. The third-order valence-corrected chi connectivity index (χ3v) is 6.59. The first-order valence-corrected chi connectivity index (χ1v) is 11.0. The number of carbonyl (C=O) groups is 1. The van der Waals surface area contributed by atoms with Crippen molar-refractivity contribution in [3.05, 3.63) is 71.0 Å². The fourth-order valence-electron chi connectivity index (χ4n) is 4.00. The van der Waals surface area contributed by atoms with E-state index in [9.17, 15) is 4.79 Å². The molecule has 5 nitrogen and oxygen atoms in total. The number of benzene rings is 2. The highest BCUT2D eigenvalue weighted by atomic mass is 32.2. The predicted octanol–water partition coefficient (Wildman–Crippen LogP) is 4.51. The largest absolute Gasteiger partial charge is 0.338 e. The molecule has 1 aliphatic rings. The molecule has 150 valence electrons. The smallest absolute Gasteiger partial charge is 0.233 e. The zero-order valence-corrected chi connectivity index (χ0v) is 17.9. The lowest BCUT2D eigenvalue weighted by atomic mass is 9.87. The van der Waals surface area contributed by atoms with Gasteiger partial charge < -0.3 is 4.90 Å². The Kier molecular flexibility index (Phi) is 5.72. The van der Waals surface area contributed by atoms with Gasteiger partial charge >= 0.3 is 0 Å². The summed E-state index contributed by atoms with van der Waals surface area (Å²) >= 11 is 1.44. The van der Waals surface area contributed by atoms with Crippen LogP contribution in [0.25, 0.3) is 5.69 Å². The SMILES string of the molecule is Cc1ccc(C)c(-n2cnnc2SCC(=O)N(C)[C@H]2CCCc3ccccc32)c1. The van der Waals surface area contributed by atoms with E-state index in [-0.39, 0.29) is 11.9 Å². The zero-order chi connectivity index (χ0) is 20.4. The van der Waals surface area contributed by atoms with Crippen LogP contribution in [-0.2, 0) is 11.2 Å². The van der Waals surface area contributed by atoms with Crippen LogP contribution in [0.4, 0.5) is 0 Å². The molecule has 0 radical (unpaired) electrons. The highest BCUT2D eigenvalue weighted by molar-refractivity contribution is 7.99. The second-order valence-electron chi connectivity index (χ2n) is 7.67. The number of nitrogens with zero attached hydrogens (tertiary/aromatic N) is 4. The fourth-order valence-corrected chi connectivity index (χ4v) is 4.85. The first-order valence-electron chi connectivity index (χ1n) is 9.98. The Labute approximate surface area is 176 Å². The van der Waals surface area contributed by atoms with Gasteiger partial charge in [-0.05, 0) is 61.4 Å². The predicted molar refractivity (Wildman–Crippen MR) is 116 cm³/mol. The molecule has 29 heavy (non-hydrogen) atoms. The molecule has 0 fully saturated rings. The number of hydrogen-bond acceptors (Lipinski definition) is 4. The average Bonchev–Trinajstić information content (AvgIpc) is 3.21. The summed E-state index contributed by atoms with van der Waals surface area (Å²) in [4.78, 5) is 14.9. The Hall–Kier alpha value is -2.60. The maximum absolute atomic E-state index is 13.0. The molecule has 0 N–H and O–H groups in total. The van der Waals surface area contributed by atoms with Crippen molar-refractivity contribution in [2.75, 3.05) is 12.8 Å². The Bertz CT molecular complexity index is 1030. The molecule has 0 spiro atoms. The van der Waals surface area contributed by atoms with Crippen molar-refractivity contribution in [3.8, 4) is 5.69 Å². The topological polar surface area (TPSA) is 51.0 Å². The molecule has 0 bridgehead atoms. The second kappa shape index (κ2) is 8.41. The van der Waals surface area contributed by atoms with Crippen LogP contribution in [0, 0.1) is 13.8 Å². The minimum absolute atomic E-state index is 0.118. The molecule has 1 atom stereocenters. The monoisotopic (exact) mass is 406 g/mol. The number of aryl methyl sites for hydroxylation is 3. The first kappa shape index (κ1) is 19.7. The minimum atomic E-state index is 0.118. The van der Waals surface area contributed by atoms with E-state index in [1.807, 2.05) is 16.5 Å². The normalized spacial score (nSPS) is 15.8. The number of amides is 1. The van der Waals surface area contributed by atoms with Crippen LogP contribution in [0.2, 0.25) is 0 Å². The van der Waals surface area contributed by atoms with Gasteiger partial charge in [-0.1, -0.05) is 48.2 Å².